The van der Waals surface area contributed by atoms with Crippen LogP contribution in [0.15, 0.2) is 52.4 Å². The molecule has 2 aromatic carbocycles. The lowest BCUT2D eigenvalue weighted by Gasteiger charge is -2.25. The molecule has 4 nitrogen and oxygen atoms in total. The van der Waals surface area contributed by atoms with Crippen LogP contribution in [-0.4, -0.2) is 32.0 Å². The molecule has 2 aromatic rings. The third-order valence-electron chi connectivity index (χ3n) is 4.13. The first-order valence-electron chi connectivity index (χ1n) is 8.07. The minimum absolute atomic E-state index is 0.295. The van der Waals surface area contributed by atoms with Gasteiger partial charge in [0.25, 0.3) is 0 Å². The van der Waals surface area contributed by atoms with Crippen LogP contribution in [0.25, 0.3) is 0 Å². The fraction of sp³-hybridized carbons (Fsp3) is 0.278. The predicted octanol–water partition coefficient (Wildman–Crippen LogP) is 4.92. The molecule has 0 aromatic heterocycles. The quantitative estimate of drug-likeness (QED) is 0.688. The van der Waals surface area contributed by atoms with Crippen LogP contribution in [0.4, 0.5) is 5.69 Å². The van der Waals surface area contributed by atoms with Gasteiger partial charge in [-0.2, -0.15) is 4.31 Å². The number of piperidine rings is 1. The second-order valence-electron chi connectivity index (χ2n) is 5.85. The summed E-state index contributed by atoms with van der Waals surface area (Å²) in [7, 11) is -3.42. The van der Waals surface area contributed by atoms with Crippen molar-refractivity contribution in [1.29, 1.82) is 0 Å². The zero-order valence-electron chi connectivity index (χ0n) is 13.5. The number of aliphatic imine (C=N–C) groups is 1. The van der Waals surface area contributed by atoms with E-state index in [4.69, 9.17) is 23.2 Å². The van der Waals surface area contributed by atoms with Crippen LogP contribution in [0, 0.1) is 0 Å². The van der Waals surface area contributed by atoms with E-state index >= 15 is 0 Å². The van der Waals surface area contributed by atoms with Crippen LogP contribution >= 0.6 is 23.2 Å². The van der Waals surface area contributed by atoms with Crippen molar-refractivity contribution in [2.75, 3.05) is 13.1 Å². The molecule has 3 rings (SSSR count). The number of halogens is 2. The molecule has 1 fully saturated rings. The van der Waals surface area contributed by atoms with Gasteiger partial charge in [-0.1, -0.05) is 35.7 Å². The monoisotopic (exact) mass is 396 g/mol. The van der Waals surface area contributed by atoms with Crippen LogP contribution in [-0.2, 0) is 10.0 Å². The maximum absolute atomic E-state index is 12.6. The second-order valence-corrected chi connectivity index (χ2v) is 8.60. The fourth-order valence-corrected chi connectivity index (χ4v) is 4.74. The maximum Gasteiger partial charge on any atom is 0.243 e. The molecule has 0 radical (unpaired) electrons. The van der Waals surface area contributed by atoms with Gasteiger partial charge in [0, 0.05) is 24.9 Å². The molecule has 1 saturated heterocycles. The standard InChI is InChI=1S/C18H18Cl2N2O2S/c19-17-5-4-6-18(20)16(17)13-21-14-7-9-15(10-8-14)25(23,24)22-11-2-1-3-12-22/h4-10,13H,1-3,11-12H2. The summed E-state index contributed by atoms with van der Waals surface area (Å²) in [5, 5.41) is 1.03. The van der Waals surface area contributed by atoms with Gasteiger partial charge < -0.3 is 0 Å². The third-order valence-corrected chi connectivity index (χ3v) is 6.70. The van der Waals surface area contributed by atoms with Gasteiger partial charge in [-0.25, -0.2) is 8.42 Å². The van der Waals surface area contributed by atoms with E-state index in [1.807, 2.05) is 0 Å². The highest BCUT2D eigenvalue weighted by molar-refractivity contribution is 7.89. The number of benzene rings is 2. The highest BCUT2D eigenvalue weighted by atomic mass is 35.5. The van der Waals surface area contributed by atoms with E-state index in [2.05, 4.69) is 4.99 Å². The third kappa shape index (κ3) is 4.23. The van der Waals surface area contributed by atoms with Crippen molar-refractivity contribution in [3.63, 3.8) is 0 Å². The summed E-state index contributed by atoms with van der Waals surface area (Å²) in [4.78, 5) is 4.63. The molecular weight excluding hydrogens is 379 g/mol. The number of hydrogen-bond donors (Lipinski definition) is 0. The van der Waals surface area contributed by atoms with Crippen LogP contribution in [0.5, 0.6) is 0 Å². The molecule has 0 aliphatic carbocycles. The first-order valence-corrected chi connectivity index (χ1v) is 10.3. The van der Waals surface area contributed by atoms with Crippen LogP contribution < -0.4 is 0 Å². The smallest absolute Gasteiger partial charge is 0.243 e. The Kier molecular flexibility index (Phi) is 5.79. The largest absolute Gasteiger partial charge is 0.256 e. The van der Waals surface area contributed by atoms with Crippen LogP contribution in [0.1, 0.15) is 24.8 Å². The Morgan fingerprint density at radius 3 is 2.12 bits per heavy atom. The Hall–Kier alpha value is -1.40. The van der Waals surface area contributed by atoms with Crippen molar-refractivity contribution in [1.82, 2.24) is 4.31 Å². The molecule has 0 unspecified atom stereocenters. The molecular formula is C18H18Cl2N2O2S. The van der Waals surface area contributed by atoms with E-state index in [0.717, 1.165) is 19.3 Å². The van der Waals surface area contributed by atoms with Crippen molar-refractivity contribution < 1.29 is 8.42 Å². The summed E-state index contributed by atoms with van der Waals surface area (Å²) in [6, 6.07) is 11.8. The SMILES string of the molecule is O=S(=O)(c1ccc(N=Cc2c(Cl)cccc2Cl)cc1)N1CCCCC1. The molecule has 1 aliphatic heterocycles. The molecule has 0 amide bonds. The van der Waals surface area contributed by atoms with E-state index in [9.17, 15) is 8.42 Å². The Morgan fingerprint density at radius 2 is 1.52 bits per heavy atom. The number of rotatable bonds is 4. The van der Waals surface area contributed by atoms with Crippen LogP contribution in [0.3, 0.4) is 0 Å². The van der Waals surface area contributed by atoms with E-state index in [0.29, 0.717) is 39.3 Å². The lowest BCUT2D eigenvalue weighted by Crippen LogP contribution is -2.35. The molecule has 0 spiro atoms. The fourth-order valence-electron chi connectivity index (χ4n) is 2.73. The van der Waals surface area contributed by atoms with Gasteiger partial charge in [0.15, 0.2) is 0 Å². The topological polar surface area (TPSA) is 49.7 Å². The molecule has 0 saturated carbocycles. The Labute approximate surface area is 158 Å². The van der Waals surface area contributed by atoms with Gasteiger partial charge in [0.1, 0.15) is 0 Å². The Bertz CT molecular complexity index is 854. The predicted molar refractivity (Wildman–Crippen MR) is 103 cm³/mol. The maximum atomic E-state index is 12.6. The summed E-state index contributed by atoms with van der Waals surface area (Å²) in [6.45, 7) is 1.18. The van der Waals surface area contributed by atoms with Crippen molar-refractivity contribution in [2.45, 2.75) is 24.2 Å². The molecule has 0 bridgehead atoms. The Morgan fingerprint density at radius 1 is 0.920 bits per heavy atom. The summed E-state index contributed by atoms with van der Waals surface area (Å²) >= 11 is 12.2. The zero-order chi connectivity index (χ0) is 17.9. The minimum atomic E-state index is -3.42. The summed E-state index contributed by atoms with van der Waals surface area (Å²) in [5.41, 5.74) is 1.27. The van der Waals surface area contributed by atoms with Gasteiger partial charge in [-0.15, -0.1) is 0 Å². The highest BCUT2D eigenvalue weighted by Crippen LogP contribution is 2.25. The summed E-state index contributed by atoms with van der Waals surface area (Å²) in [6.07, 6.45) is 4.50. The normalized spacial score (nSPS) is 16.4. The molecule has 1 heterocycles. The second kappa shape index (κ2) is 7.87. The molecule has 0 N–H and O–H groups in total. The van der Waals surface area contributed by atoms with Crippen molar-refractivity contribution >= 4 is 45.1 Å². The van der Waals surface area contributed by atoms with Crippen molar-refractivity contribution in [3.05, 3.63) is 58.1 Å². The van der Waals surface area contributed by atoms with E-state index in [1.54, 1.807) is 53.0 Å². The molecule has 25 heavy (non-hydrogen) atoms. The number of hydrogen-bond acceptors (Lipinski definition) is 3. The van der Waals surface area contributed by atoms with E-state index < -0.39 is 10.0 Å². The lowest BCUT2D eigenvalue weighted by atomic mass is 10.2. The number of nitrogens with zero attached hydrogens (tertiary/aromatic N) is 2. The molecule has 0 atom stereocenters. The summed E-state index contributed by atoms with van der Waals surface area (Å²) < 4.78 is 26.8. The summed E-state index contributed by atoms with van der Waals surface area (Å²) in [5.74, 6) is 0. The van der Waals surface area contributed by atoms with E-state index in [-0.39, 0.29) is 0 Å². The van der Waals surface area contributed by atoms with Gasteiger partial charge in [-0.05, 0) is 49.2 Å². The lowest BCUT2D eigenvalue weighted by molar-refractivity contribution is 0.346. The van der Waals surface area contributed by atoms with Gasteiger partial charge in [0.05, 0.1) is 20.6 Å². The van der Waals surface area contributed by atoms with Gasteiger partial charge in [-0.3, -0.25) is 4.99 Å². The average molecular weight is 397 g/mol. The highest BCUT2D eigenvalue weighted by Gasteiger charge is 2.25. The average Bonchev–Trinajstić information content (AvgIpc) is 2.62. The van der Waals surface area contributed by atoms with Gasteiger partial charge in [0.2, 0.25) is 10.0 Å². The molecule has 132 valence electrons. The molecule has 1 aliphatic rings. The van der Waals surface area contributed by atoms with Gasteiger partial charge >= 0.3 is 0 Å². The Balaban J connectivity index is 1.79. The van der Waals surface area contributed by atoms with E-state index in [1.165, 1.54) is 0 Å². The first-order chi connectivity index (χ1) is 12.0. The minimum Gasteiger partial charge on any atom is -0.256 e. The number of sulfonamides is 1. The van der Waals surface area contributed by atoms with Crippen molar-refractivity contribution in [3.8, 4) is 0 Å². The van der Waals surface area contributed by atoms with Crippen LogP contribution in [0.2, 0.25) is 10.0 Å². The first kappa shape index (κ1) is 18.4. The zero-order valence-corrected chi connectivity index (χ0v) is 15.9. The molecule has 7 heteroatoms. The van der Waals surface area contributed by atoms with Crippen molar-refractivity contribution in [2.24, 2.45) is 4.99 Å².